The van der Waals surface area contributed by atoms with E-state index in [9.17, 15) is 13.2 Å². The Bertz CT molecular complexity index is 335. The number of benzene rings is 1. The van der Waals surface area contributed by atoms with Gasteiger partial charge >= 0.3 is 10.5 Å². The van der Waals surface area contributed by atoms with Crippen LogP contribution in [0, 0.1) is 0 Å². The van der Waals surface area contributed by atoms with E-state index in [0.717, 1.165) is 6.92 Å². The third-order valence-corrected chi connectivity index (χ3v) is 1.28. The predicted molar refractivity (Wildman–Crippen MR) is 48.5 cm³/mol. The fraction of sp³-hybridized carbons (Fsp3) is 0.125. The maximum Gasteiger partial charge on any atom is 0.319 e. The van der Waals surface area contributed by atoms with E-state index in [0.29, 0.717) is 0 Å². The SMILES string of the molecule is CC(=O)N=S(=O)=O.c1ccccc1. The highest BCUT2D eigenvalue weighted by Gasteiger charge is 1.80. The second-order valence-electron chi connectivity index (χ2n) is 1.98. The molecule has 4 nitrogen and oxygen atoms in total. The summed E-state index contributed by atoms with van der Waals surface area (Å²) in [6.45, 7) is 1.07. The number of rotatable bonds is 0. The summed E-state index contributed by atoms with van der Waals surface area (Å²) in [4.78, 5) is 9.69. The fourth-order valence-electron chi connectivity index (χ4n) is 0.490. The summed E-state index contributed by atoms with van der Waals surface area (Å²) in [5.74, 6) is -0.701. The quantitative estimate of drug-likeness (QED) is 0.632. The molecule has 1 rings (SSSR count). The van der Waals surface area contributed by atoms with Crippen LogP contribution in [0.15, 0.2) is 40.8 Å². The van der Waals surface area contributed by atoms with Crippen LogP contribution in [0.1, 0.15) is 6.92 Å². The molecule has 1 aromatic carbocycles. The average Bonchev–Trinajstić information content (AvgIpc) is 2.06. The Balaban J connectivity index is 0.000000223. The van der Waals surface area contributed by atoms with Crippen LogP contribution in [0.5, 0.6) is 0 Å². The maximum absolute atomic E-state index is 9.69. The third kappa shape index (κ3) is 10.5. The monoisotopic (exact) mass is 199 g/mol. The lowest BCUT2D eigenvalue weighted by Gasteiger charge is -1.69. The van der Waals surface area contributed by atoms with Crippen LogP contribution < -0.4 is 0 Å². The molecule has 13 heavy (non-hydrogen) atoms. The molecule has 1 aromatic rings. The summed E-state index contributed by atoms with van der Waals surface area (Å²) in [5.41, 5.74) is 0. The summed E-state index contributed by atoms with van der Waals surface area (Å²) in [7, 11) is -2.57. The van der Waals surface area contributed by atoms with Gasteiger partial charge in [-0.25, -0.2) is 0 Å². The molecule has 0 N–H and O–H groups in total. The maximum atomic E-state index is 9.69. The van der Waals surface area contributed by atoms with E-state index in [1.807, 2.05) is 36.4 Å². The minimum atomic E-state index is -2.57. The van der Waals surface area contributed by atoms with E-state index in [2.05, 4.69) is 4.36 Å². The molecule has 1 amide bonds. The first-order chi connectivity index (χ1) is 6.13. The minimum Gasteiger partial charge on any atom is -0.272 e. The van der Waals surface area contributed by atoms with Gasteiger partial charge in [-0.1, -0.05) is 40.8 Å². The van der Waals surface area contributed by atoms with Crippen molar-refractivity contribution in [1.82, 2.24) is 0 Å². The van der Waals surface area contributed by atoms with Crippen LogP contribution in [0.2, 0.25) is 0 Å². The van der Waals surface area contributed by atoms with Crippen LogP contribution >= 0.6 is 0 Å². The van der Waals surface area contributed by atoms with Crippen LogP contribution in [0.3, 0.4) is 0 Å². The zero-order chi connectivity index (χ0) is 10.1. The molecule has 0 fully saturated rings. The van der Waals surface area contributed by atoms with E-state index in [1.165, 1.54) is 0 Å². The van der Waals surface area contributed by atoms with Crippen molar-refractivity contribution in [3.63, 3.8) is 0 Å². The second kappa shape index (κ2) is 7.17. The number of hydrogen-bond donors (Lipinski definition) is 0. The van der Waals surface area contributed by atoms with E-state index in [1.54, 1.807) is 0 Å². The number of nitrogens with zero attached hydrogens (tertiary/aromatic N) is 1. The van der Waals surface area contributed by atoms with Crippen LogP contribution in [-0.4, -0.2) is 14.3 Å². The average molecular weight is 199 g/mol. The van der Waals surface area contributed by atoms with Crippen LogP contribution in [0.4, 0.5) is 0 Å². The fourth-order valence-corrected chi connectivity index (χ4v) is 0.700. The minimum absolute atomic E-state index is 0.701. The predicted octanol–water partition coefficient (Wildman–Crippen LogP) is 1.28. The summed E-state index contributed by atoms with van der Waals surface area (Å²) in [6.07, 6.45) is 0. The van der Waals surface area contributed by atoms with E-state index in [4.69, 9.17) is 0 Å². The third-order valence-electron chi connectivity index (χ3n) is 0.870. The first kappa shape index (κ1) is 11.5. The van der Waals surface area contributed by atoms with E-state index in [-0.39, 0.29) is 0 Å². The van der Waals surface area contributed by atoms with Crippen molar-refractivity contribution in [3.8, 4) is 0 Å². The van der Waals surface area contributed by atoms with E-state index >= 15 is 0 Å². The summed E-state index contributed by atoms with van der Waals surface area (Å²) >= 11 is 0. The molecule has 0 aliphatic carbocycles. The highest BCUT2D eigenvalue weighted by Crippen LogP contribution is 1.79. The van der Waals surface area contributed by atoms with Gasteiger partial charge in [0.2, 0.25) is 0 Å². The largest absolute Gasteiger partial charge is 0.319 e. The smallest absolute Gasteiger partial charge is 0.272 e. The first-order valence-corrected chi connectivity index (χ1v) is 4.48. The Morgan fingerprint density at radius 1 is 1.00 bits per heavy atom. The molecule has 0 radical (unpaired) electrons. The molecular formula is C8H9NO3S. The van der Waals surface area contributed by atoms with Gasteiger partial charge < -0.3 is 0 Å². The summed E-state index contributed by atoms with van der Waals surface area (Å²) in [5, 5.41) is 0. The molecule has 0 aliphatic rings. The van der Waals surface area contributed by atoms with Crippen molar-refractivity contribution >= 4 is 16.4 Å². The molecule has 0 aromatic heterocycles. The normalized spacial score (nSPS) is 7.77. The van der Waals surface area contributed by atoms with Gasteiger partial charge in [0, 0.05) is 6.92 Å². The van der Waals surface area contributed by atoms with E-state index < -0.39 is 16.4 Å². The molecular weight excluding hydrogens is 190 g/mol. The van der Waals surface area contributed by atoms with Gasteiger partial charge in [0.25, 0.3) is 5.91 Å². The van der Waals surface area contributed by atoms with Gasteiger partial charge in [-0.2, -0.15) is 8.42 Å². The van der Waals surface area contributed by atoms with Crippen LogP contribution in [0.25, 0.3) is 0 Å². The Morgan fingerprint density at radius 2 is 1.31 bits per heavy atom. The number of carbonyl (C=O) groups is 1. The highest BCUT2D eigenvalue weighted by atomic mass is 32.2. The zero-order valence-corrected chi connectivity index (χ0v) is 7.86. The molecule has 70 valence electrons. The second-order valence-corrected chi connectivity index (χ2v) is 2.60. The Labute approximate surface area is 77.9 Å². The van der Waals surface area contributed by atoms with Crippen molar-refractivity contribution in [1.29, 1.82) is 0 Å². The molecule has 5 heteroatoms. The Hall–Kier alpha value is -1.49. The van der Waals surface area contributed by atoms with Gasteiger partial charge in [0.05, 0.1) is 0 Å². The first-order valence-electron chi connectivity index (χ1n) is 3.44. The summed E-state index contributed by atoms with van der Waals surface area (Å²) in [6, 6.07) is 12.0. The van der Waals surface area contributed by atoms with Gasteiger partial charge in [0.1, 0.15) is 0 Å². The number of carbonyl (C=O) groups excluding carboxylic acids is 1. The van der Waals surface area contributed by atoms with Crippen molar-refractivity contribution in [2.75, 3.05) is 0 Å². The molecule has 0 aliphatic heterocycles. The lowest BCUT2D eigenvalue weighted by atomic mass is 10.4. The number of hydrogen-bond acceptors (Lipinski definition) is 3. The summed E-state index contributed by atoms with van der Waals surface area (Å²) < 4.78 is 21.4. The van der Waals surface area contributed by atoms with Gasteiger partial charge in [0.15, 0.2) is 0 Å². The highest BCUT2D eigenvalue weighted by molar-refractivity contribution is 7.62. The Kier molecular flexibility index (Phi) is 6.35. The van der Waals surface area contributed by atoms with Crippen molar-refractivity contribution in [2.45, 2.75) is 6.92 Å². The van der Waals surface area contributed by atoms with Crippen molar-refractivity contribution in [2.24, 2.45) is 4.36 Å². The molecule has 0 atom stereocenters. The topological polar surface area (TPSA) is 63.6 Å². The van der Waals surface area contributed by atoms with Crippen molar-refractivity contribution < 1.29 is 13.2 Å². The van der Waals surface area contributed by atoms with Gasteiger partial charge in [-0.3, -0.25) is 4.79 Å². The molecule has 0 unspecified atom stereocenters. The molecule has 0 bridgehead atoms. The molecule has 0 heterocycles. The standard InChI is InChI=1S/C6H6.C2H3NO3S/c1-2-4-6-5-3-1;1-2(4)3-7(5)6/h1-6H;1H3. The molecule has 0 saturated carbocycles. The van der Waals surface area contributed by atoms with Gasteiger partial charge in [-0.05, 0) is 0 Å². The van der Waals surface area contributed by atoms with Crippen LogP contribution in [-0.2, 0) is 15.3 Å². The van der Waals surface area contributed by atoms with Crippen molar-refractivity contribution in [3.05, 3.63) is 36.4 Å². The van der Waals surface area contributed by atoms with Gasteiger partial charge in [-0.15, -0.1) is 0 Å². The molecule has 0 saturated heterocycles. The lowest BCUT2D eigenvalue weighted by Crippen LogP contribution is -1.77. The molecule has 0 spiro atoms. The Morgan fingerprint density at radius 3 is 1.38 bits per heavy atom. The zero-order valence-electron chi connectivity index (χ0n) is 7.04. The number of amides is 1. The lowest BCUT2D eigenvalue weighted by molar-refractivity contribution is -0.115.